The number of anilines is 2. The Morgan fingerprint density at radius 2 is 1.42 bits per heavy atom. The number of carbonyl (C=O) groups excluding carboxylic acids is 3. The topological polar surface area (TPSA) is 103 Å². The molecule has 0 bridgehead atoms. The van der Waals surface area contributed by atoms with E-state index in [1.807, 2.05) is 0 Å². The average Bonchev–Trinajstić information content (AvgIpc) is 2.84. The fourth-order valence-corrected chi connectivity index (χ4v) is 2.93. The van der Waals surface area contributed by atoms with Crippen LogP contribution in [0.1, 0.15) is 28.9 Å². The van der Waals surface area contributed by atoms with Crippen LogP contribution in [0.25, 0.3) is 0 Å². The zero-order chi connectivity index (χ0) is 23.6. The maximum Gasteiger partial charge on any atom is 0.411 e. The molecule has 2 N–H and O–H groups in total. The lowest BCUT2D eigenvalue weighted by atomic mass is 10.1. The van der Waals surface area contributed by atoms with Gasteiger partial charge in [0.05, 0.1) is 19.3 Å². The van der Waals surface area contributed by atoms with Gasteiger partial charge in [-0.1, -0.05) is 30.3 Å². The Labute approximate surface area is 191 Å². The van der Waals surface area contributed by atoms with Crippen molar-refractivity contribution in [3.8, 4) is 5.75 Å². The van der Waals surface area contributed by atoms with Crippen LogP contribution in [0.15, 0.2) is 78.9 Å². The highest BCUT2D eigenvalue weighted by Crippen LogP contribution is 2.23. The highest BCUT2D eigenvalue weighted by molar-refractivity contribution is 5.98. The second kappa shape index (κ2) is 11.3. The number of carbonyl (C=O) groups is 3. The van der Waals surface area contributed by atoms with Gasteiger partial charge in [-0.3, -0.25) is 10.1 Å². The summed E-state index contributed by atoms with van der Waals surface area (Å²) in [5, 5.41) is 5.30. The van der Waals surface area contributed by atoms with Crippen LogP contribution in [0.2, 0.25) is 0 Å². The van der Waals surface area contributed by atoms with Crippen molar-refractivity contribution in [1.82, 2.24) is 0 Å². The maximum atomic E-state index is 13.0. The van der Waals surface area contributed by atoms with Gasteiger partial charge in [0.1, 0.15) is 5.75 Å². The van der Waals surface area contributed by atoms with Crippen LogP contribution in [0.5, 0.6) is 5.75 Å². The summed E-state index contributed by atoms with van der Waals surface area (Å²) in [7, 11) is 1.55. The highest BCUT2D eigenvalue weighted by atomic mass is 16.6. The summed E-state index contributed by atoms with van der Waals surface area (Å²) < 4.78 is 15.5. The molecule has 8 nitrogen and oxygen atoms in total. The fourth-order valence-electron chi connectivity index (χ4n) is 2.93. The summed E-state index contributed by atoms with van der Waals surface area (Å²) in [5.41, 5.74) is 1.74. The molecule has 3 aromatic rings. The zero-order valence-electron chi connectivity index (χ0n) is 18.2. The molecule has 0 aromatic heterocycles. The predicted octanol–water partition coefficient (Wildman–Crippen LogP) is 4.80. The number of benzene rings is 3. The van der Waals surface area contributed by atoms with E-state index in [-0.39, 0.29) is 12.2 Å². The molecule has 0 spiro atoms. The van der Waals surface area contributed by atoms with Crippen molar-refractivity contribution >= 4 is 29.3 Å². The van der Waals surface area contributed by atoms with Crippen molar-refractivity contribution in [1.29, 1.82) is 0 Å². The molecule has 0 aliphatic rings. The van der Waals surface area contributed by atoms with Crippen LogP contribution < -0.4 is 15.4 Å². The maximum absolute atomic E-state index is 13.0. The Morgan fingerprint density at radius 3 is 2.03 bits per heavy atom. The van der Waals surface area contributed by atoms with Gasteiger partial charge >= 0.3 is 12.1 Å². The van der Waals surface area contributed by atoms with E-state index < -0.39 is 24.1 Å². The first-order chi connectivity index (χ1) is 16.0. The van der Waals surface area contributed by atoms with E-state index >= 15 is 0 Å². The van der Waals surface area contributed by atoms with E-state index in [4.69, 9.17) is 14.2 Å². The SMILES string of the molecule is CCOC(=O)Nc1ccc(C(=O)OC(C(=O)Nc2ccc(OC)cc2)c2ccccc2)cc1. The molecular formula is C25H24N2O6. The molecule has 0 heterocycles. The van der Waals surface area contributed by atoms with E-state index in [0.717, 1.165) is 0 Å². The van der Waals surface area contributed by atoms with Gasteiger partial charge in [0.15, 0.2) is 0 Å². The Kier molecular flexibility index (Phi) is 8.02. The monoisotopic (exact) mass is 448 g/mol. The van der Waals surface area contributed by atoms with Crippen molar-refractivity contribution in [3.05, 3.63) is 90.0 Å². The fraction of sp³-hybridized carbons (Fsp3) is 0.160. The number of methoxy groups -OCH3 is 1. The van der Waals surface area contributed by atoms with Crippen LogP contribution >= 0.6 is 0 Å². The average molecular weight is 448 g/mol. The van der Waals surface area contributed by atoms with Crippen LogP contribution in [-0.2, 0) is 14.3 Å². The highest BCUT2D eigenvalue weighted by Gasteiger charge is 2.26. The first-order valence-electron chi connectivity index (χ1n) is 10.2. The molecule has 8 heteroatoms. The second-order valence-corrected chi connectivity index (χ2v) is 6.84. The molecule has 2 amide bonds. The van der Waals surface area contributed by atoms with Crippen LogP contribution in [0.3, 0.4) is 0 Å². The third-order valence-electron chi connectivity index (χ3n) is 4.57. The minimum absolute atomic E-state index is 0.225. The zero-order valence-corrected chi connectivity index (χ0v) is 18.2. The molecule has 1 atom stereocenters. The normalized spacial score (nSPS) is 11.1. The minimum Gasteiger partial charge on any atom is -0.497 e. The second-order valence-electron chi connectivity index (χ2n) is 6.84. The van der Waals surface area contributed by atoms with Crippen molar-refractivity contribution in [2.45, 2.75) is 13.0 Å². The van der Waals surface area contributed by atoms with Gasteiger partial charge in [0.2, 0.25) is 6.10 Å². The van der Waals surface area contributed by atoms with Crippen molar-refractivity contribution in [2.75, 3.05) is 24.4 Å². The van der Waals surface area contributed by atoms with E-state index in [1.165, 1.54) is 12.1 Å². The third-order valence-corrected chi connectivity index (χ3v) is 4.57. The van der Waals surface area contributed by atoms with Crippen molar-refractivity contribution in [2.24, 2.45) is 0 Å². The largest absolute Gasteiger partial charge is 0.497 e. The smallest absolute Gasteiger partial charge is 0.411 e. The Hall–Kier alpha value is -4.33. The number of esters is 1. The van der Waals surface area contributed by atoms with Gasteiger partial charge in [-0.25, -0.2) is 9.59 Å². The molecule has 0 saturated heterocycles. The number of hydrogen-bond donors (Lipinski definition) is 2. The van der Waals surface area contributed by atoms with Crippen LogP contribution in [0.4, 0.5) is 16.2 Å². The van der Waals surface area contributed by atoms with Gasteiger partial charge in [-0.05, 0) is 55.5 Å². The molecule has 0 aliphatic carbocycles. The lowest BCUT2D eigenvalue weighted by Gasteiger charge is -2.18. The van der Waals surface area contributed by atoms with Crippen molar-refractivity contribution in [3.63, 3.8) is 0 Å². The Bertz CT molecular complexity index is 1080. The van der Waals surface area contributed by atoms with E-state index in [0.29, 0.717) is 22.7 Å². The minimum atomic E-state index is -1.17. The molecular weight excluding hydrogens is 424 g/mol. The molecule has 0 saturated carbocycles. The van der Waals surface area contributed by atoms with Crippen LogP contribution in [0, 0.1) is 0 Å². The first-order valence-corrected chi connectivity index (χ1v) is 10.2. The molecule has 0 radical (unpaired) electrons. The van der Waals surface area contributed by atoms with E-state index in [2.05, 4.69) is 10.6 Å². The lowest BCUT2D eigenvalue weighted by Crippen LogP contribution is -2.26. The summed E-state index contributed by atoms with van der Waals surface area (Å²) in [6.45, 7) is 1.95. The number of hydrogen-bond acceptors (Lipinski definition) is 6. The molecule has 0 aliphatic heterocycles. The quantitative estimate of drug-likeness (QED) is 0.480. The van der Waals surface area contributed by atoms with Gasteiger partial charge in [-0.2, -0.15) is 0 Å². The van der Waals surface area contributed by atoms with Crippen LogP contribution in [-0.4, -0.2) is 31.7 Å². The molecule has 33 heavy (non-hydrogen) atoms. The summed E-state index contributed by atoms with van der Waals surface area (Å²) in [6.07, 6.45) is -1.76. The molecule has 3 aromatic carbocycles. The Morgan fingerprint density at radius 1 is 0.818 bits per heavy atom. The van der Waals surface area contributed by atoms with E-state index in [9.17, 15) is 14.4 Å². The van der Waals surface area contributed by atoms with E-state index in [1.54, 1.807) is 80.8 Å². The first kappa shape index (κ1) is 23.3. The Balaban J connectivity index is 1.74. The molecule has 3 rings (SSSR count). The number of rotatable bonds is 8. The standard InChI is InChI=1S/C25H24N2O6/c1-3-32-25(30)27-20-11-9-18(10-12-20)24(29)33-22(17-7-5-4-6-8-17)23(28)26-19-13-15-21(31-2)16-14-19/h4-16,22H,3H2,1-2H3,(H,26,28)(H,27,30). The number of nitrogens with one attached hydrogen (secondary N) is 2. The van der Waals surface area contributed by atoms with Gasteiger partial charge < -0.3 is 19.5 Å². The van der Waals surface area contributed by atoms with Crippen molar-refractivity contribution < 1.29 is 28.6 Å². The third kappa shape index (κ3) is 6.57. The van der Waals surface area contributed by atoms with Gasteiger partial charge in [-0.15, -0.1) is 0 Å². The molecule has 170 valence electrons. The number of ether oxygens (including phenoxy) is 3. The molecule has 0 fully saturated rings. The lowest BCUT2D eigenvalue weighted by molar-refractivity contribution is -0.125. The number of amides is 2. The summed E-state index contributed by atoms with van der Waals surface area (Å²) in [6, 6.07) is 21.6. The van der Waals surface area contributed by atoms with Gasteiger partial charge in [0.25, 0.3) is 5.91 Å². The summed E-state index contributed by atoms with van der Waals surface area (Å²) >= 11 is 0. The predicted molar refractivity (Wildman–Crippen MR) is 123 cm³/mol. The summed E-state index contributed by atoms with van der Waals surface area (Å²) in [4.78, 5) is 37.3. The van der Waals surface area contributed by atoms with Gasteiger partial charge in [0, 0.05) is 16.9 Å². The summed E-state index contributed by atoms with van der Waals surface area (Å²) in [5.74, 6) is -0.531. The molecule has 1 unspecified atom stereocenters.